The molecule has 3 nitrogen and oxygen atoms in total. The van der Waals surface area contributed by atoms with Gasteiger partial charge < -0.3 is 13.7 Å². The van der Waals surface area contributed by atoms with E-state index in [1.54, 1.807) is 0 Å². The molecular formula is C44H27NO2. The topological polar surface area (TPSA) is 29.5 Å². The molecule has 0 radical (unpaired) electrons. The molecular weight excluding hydrogens is 574 g/mol. The molecule has 0 N–H and O–H groups in total. The molecule has 0 saturated carbocycles. The molecule has 2 aromatic heterocycles. The third-order valence-electron chi connectivity index (χ3n) is 9.46. The van der Waals surface area contributed by atoms with Crippen molar-refractivity contribution in [1.29, 1.82) is 0 Å². The Morgan fingerprint density at radius 2 is 0.979 bits per heavy atom. The lowest BCUT2D eigenvalue weighted by molar-refractivity contribution is 0.668. The summed E-state index contributed by atoms with van der Waals surface area (Å²) >= 11 is 0. The van der Waals surface area contributed by atoms with Crippen molar-refractivity contribution >= 4 is 82.5 Å². The lowest BCUT2D eigenvalue weighted by atomic mass is 9.97. The molecule has 0 bridgehead atoms. The molecule has 0 fully saturated rings. The summed E-state index contributed by atoms with van der Waals surface area (Å²) in [6.45, 7) is 0. The lowest BCUT2D eigenvalue weighted by Gasteiger charge is -2.27. The van der Waals surface area contributed by atoms with E-state index in [1.165, 1.54) is 21.9 Å². The molecule has 220 valence electrons. The number of rotatable bonds is 4. The second-order valence-corrected chi connectivity index (χ2v) is 12.1. The highest BCUT2D eigenvalue weighted by molar-refractivity contribution is 6.21. The fraction of sp³-hybridized carbons (Fsp3) is 0. The summed E-state index contributed by atoms with van der Waals surface area (Å²) < 4.78 is 12.5. The number of hydrogen-bond donors (Lipinski definition) is 0. The second kappa shape index (κ2) is 10.1. The molecule has 0 saturated heterocycles. The lowest BCUT2D eigenvalue weighted by Crippen LogP contribution is -2.10. The molecule has 47 heavy (non-hydrogen) atoms. The van der Waals surface area contributed by atoms with Crippen LogP contribution in [0.3, 0.4) is 0 Å². The number of benzene rings is 8. The summed E-state index contributed by atoms with van der Waals surface area (Å²) in [5.74, 6) is 0. The Balaban J connectivity index is 1.21. The molecule has 0 aliphatic carbocycles. The van der Waals surface area contributed by atoms with Crippen molar-refractivity contribution in [2.45, 2.75) is 0 Å². The van der Waals surface area contributed by atoms with Gasteiger partial charge in [-0.25, -0.2) is 0 Å². The van der Waals surface area contributed by atoms with Crippen LogP contribution in [0.2, 0.25) is 0 Å². The Hall–Kier alpha value is -6.32. The summed E-state index contributed by atoms with van der Waals surface area (Å²) in [5.41, 5.74) is 9.22. The van der Waals surface area contributed by atoms with Gasteiger partial charge in [-0.1, -0.05) is 103 Å². The van der Waals surface area contributed by atoms with E-state index < -0.39 is 0 Å². The van der Waals surface area contributed by atoms with E-state index >= 15 is 0 Å². The molecule has 10 aromatic rings. The minimum atomic E-state index is 0.880. The third-order valence-corrected chi connectivity index (χ3v) is 9.46. The SMILES string of the molecule is c1ccc2c(-c3ccc(N(c4ccc5oc6ccccc6c5c4)c4cccc5c4ccc4oc6ccccc6c45)cc3)cccc2c1. The average molecular weight is 602 g/mol. The van der Waals surface area contributed by atoms with Crippen molar-refractivity contribution in [3.05, 3.63) is 164 Å². The van der Waals surface area contributed by atoms with E-state index in [0.717, 1.165) is 71.7 Å². The zero-order chi connectivity index (χ0) is 30.9. The van der Waals surface area contributed by atoms with Crippen LogP contribution in [0.25, 0.3) is 76.5 Å². The van der Waals surface area contributed by atoms with Gasteiger partial charge in [0.2, 0.25) is 0 Å². The first-order valence-electron chi connectivity index (χ1n) is 15.9. The van der Waals surface area contributed by atoms with Crippen LogP contribution in [0.5, 0.6) is 0 Å². The molecule has 0 aliphatic heterocycles. The van der Waals surface area contributed by atoms with Gasteiger partial charge in [-0.05, 0) is 87.9 Å². The summed E-state index contributed by atoms with van der Waals surface area (Å²) in [4.78, 5) is 2.37. The smallest absolute Gasteiger partial charge is 0.136 e. The van der Waals surface area contributed by atoms with Crippen molar-refractivity contribution < 1.29 is 8.83 Å². The number of hydrogen-bond acceptors (Lipinski definition) is 3. The predicted molar refractivity (Wildman–Crippen MR) is 196 cm³/mol. The van der Waals surface area contributed by atoms with Crippen molar-refractivity contribution in [1.82, 2.24) is 0 Å². The van der Waals surface area contributed by atoms with Gasteiger partial charge in [-0.15, -0.1) is 0 Å². The van der Waals surface area contributed by atoms with Crippen LogP contribution in [0.1, 0.15) is 0 Å². The monoisotopic (exact) mass is 601 g/mol. The molecule has 8 aromatic carbocycles. The van der Waals surface area contributed by atoms with Crippen molar-refractivity contribution in [3.8, 4) is 11.1 Å². The van der Waals surface area contributed by atoms with Crippen LogP contribution in [-0.4, -0.2) is 0 Å². The van der Waals surface area contributed by atoms with Crippen LogP contribution in [0.15, 0.2) is 173 Å². The highest BCUT2D eigenvalue weighted by Gasteiger charge is 2.20. The summed E-state index contributed by atoms with van der Waals surface area (Å²) in [5, 5.41) is 9.29. The maximum atomic E-state index is 6.27. The third kappa shape index (κ3) is 4.00. The van der Waals surface area contributed by atoms with Gasteiger partial charge in [0.25, 0.3) is 0 Å². The van der Waals surface area contributed by atoms with Gasteiger partial charge >= 0.3 is 0 Å². The van der Waals surface area contributed by atoms with Crippen molar-refractivity contribution in [2.75, 3.05) is 4.90 Å². The van der Waals surface area contributed by atoms with Gasteiger partial charge in [0, 0.05) is 38.3 Å². The standard InChI is InChI=1S/C44H27NO2/c1-2-11-32-28(9-1)10-7-14-33(32)29-19-21-30(22-20-29)45(31-23-25-42-38(27-31)35-12-3-5-17-40(35)46-42)39-16-8-15-36-34(39)24-26-43-44(36)37-13-4-6-18-41(37)47-43/h1-27H. The highest BCUT2D eigenvalue weighted by atomic mass is 16.3. The normalized spacial score (nSPS) is 11.8. The fourth-order valence-corrected chi connectivity index (χ4v) is 7.31. The predicted octanol–water partition coefficient (Wildman–Crippen LogP) is 12.9. The van der Waals surface area contributed by atoms with Gasteiger partial charge in [0.1, 0.15) is 22.3 Å². The molecule has 0 aliphatic rings. The van der Waals surface area contributed by atoms with Crippen LogP contribution >= 0.6 is 0 Å². The van der Waals surface area contributed by atoms with Crippen molar-refractivity contribution in [3.63, 3.8) is 0 Å². The number of fused-ring (bicyclic) bond motifs is 9. The Bertz CT molecular complexity index is 2800. The quantitative estimate of drug-likeness (QED) is 0.201. The van der Waals surface area contributed by atoms with E-state index in [9.17, 15) is 0 Å². The van der Waals surface area contributed by atoms with Crippen LogP contribution in [0.4, 0.5) is 17.1 Å². The second-order valence-electron chi connectivity index (χ2n) is 12.1. The van der Waals surface area contributed by atoms with Gasteiger partial charge in [-0.2, -0.15) is 0 Å². The molecule has 3 heteroatoms. The molecule has 0 atom stereocenters. The number of furan rings is 2. The summed E-state index contributed by atoms with van der Waals surface area (Å²) in [6.07, 6.45) is 0. The van der Waals surface area contributed by atoms with Crippen LogP contribution < -0.4 is 4.90 Å². The Kier molecular flexibility index (Phi) is 5.57. The van der Waals surface area contributed by atoms with Crippen molar-refractivity contribution in [2.24, 2.45) is 0 Å². The Labute approximate surface area is 270 Å². The molecule has 10 rings (SSSR count). The molecule has 0 amide bonds. The largest absolute Gasteiger partial charge is 0.456 e. The van der Waals surface area contributed by atoms with E-state index in [1.807, 2.05) is 24.3 Å². The van der Waals surface area contributed by atoms with E-state index in [0.29, 0.717) is 0 Å². The van der Waals surface area contributed by atoms with Crippen LogP contribution in [0, 0.1) is 0 Å². The Morgan fingerprint density at radius 1 is 0.362 bits per heavy atom. The minimum absolute atomic E-state index is 0.880. The highest BCUT2D eigenvalue weighted by Crippen LogP contribution is 2.44. The minimum Gasteiger partial charge on any atom is -0.456 e. The average Bonchev–Trinajstić information content (AvgIpc) is 3.70. The number of anilines is 3. The van der Waals surface area contributed by atoms with E-state index in [-0.39, 0.29) is 0 Å². The Morgan fingerprint density at radius 3 is 1.85 bits per heavy atom. The maximum Gasteiger partial charge on any atom is 0.136 e. The summed E-state index contributed by atoms with van der Waals surface area (Å²) in [7, 11) is 0. The first-order chi connectivity index (χ1) is 23.3. The number of nitrogens with zero attached hydrogens (tertiary/aromatic N) is 1. The molecule has 2 heterocycles. The number of para-hydroxylation sites is 2. The van der Waals surface area contributed by atoms with E-state index in [4.69, 9.17) is 8.83 Å². The zero-order valence-electron chi connectivity index (χ0n) is 25.4. The fourth-order valence-electron chi connectivity index (χ4n) is 7.31. The molecule has 0 spiro atoms. The van der Waals surface area contributed by atoms with Gasteiger partial charge in [0.15, 0.2) is 0 Å². The van der Waals surface area contributed by atoms with E-state index in [2.05, 4.69) is 144 Å². The summed E-state index contributed by atoms with van der Waals surface area (Å²) in [6, 6.07) is 58.0. The van der Waals surface area contributed by atoms with Crippen LogP contribution in [-0.2, 0) is 0 Å². The first kappa shape index (κ1) is 26.0. The first-order valence-corrected chi connectivity index (χ1v) is 15.9. The molecule has 0 unspecified atom stereocenters. The van der Waals surface area contributed by atoms with Gasteiger partial charge in [-0.3, -0.25) is 0 Å². The zero-order valence-corrected chi connectivity index (χ0v) is 25.4. The maximum absolute atomic E-state index is 6.27. The van der Waals surface area contributed by atoms with Gasteiger partial charge in [0.05, 0.1) is 5.69 Å².